The van der Waals surface area contributed by atoms with Crippen LogP contribution in [0, 0.1) is 0 Å². The topological polar surface area (TPSA) is 92.9 Å². The summed E-state index contributed by atoms with van der Waals surface area (Å²) >= 11 is 0. The van der Waals surface area contributed by atoms with E-state index in [2.05, 4.69) is 20.4 Å². The molecule has 2 heterocycles. The first-order valence-electron chi connectivity index (χ1n) is 6.28. The van der Waals surface area contributed by atoms with E-state index < -0.39 is 5.97 Å². The summed E-state index contributed by atoms with van der Waals surface area (Å²) in [6.07, 6.45) is 7.27. The molecule has 0 spiro atoms. The Labute approximate surface area is 116 Å². The molecule has 0 aliphatic heterocycles. The van der Waals surface area contributed by atoms with Crippen molar-refractivity contribution in [2.45, 2.75) is 32.2 Å². The quantitative estimate of drug-likeness (QED) is 0.833. The lowest BCUT2D eigenvalue weighted by Crippen LogP contribution is -2.32. The highest BCUT2D eigenvalue weighted by Gasteiger charge is 2.19. The third-order valence-electron chi connectivity index (χ3n) is 2.79. The zero-order valence-corrected chi connectivity index (χ0v) is 11.4. The highest BCUT2D eigenvalue weighted by atomic mass is 16.4. The van der Waals surface area contributed by atoms with Crippen molar-refractivity contribution < 1.29 is 9.90 Å². The number of nitrogens with one attached hydrogen (secondary N) is 1. The molecule has 20 heavy (non-hydrogen) atoms. The van der Waals surface area contributed by atoms with Gasteiger partial charge in [0.05, 0.1) is 12.4 Å². The number of carboxylic acids is 1. The van der Waals surface area contributed by atoms with Gasteiger partial charge >= 0.3 is 5.97 Å². The molecule has 106 valence electrons. The number of rotatable bonds is 6. The molecular formula is C13H17N5O2. The average molecular weight is 275 g/mol. The number of carboxylic acid groups (broad SMARTS) is 1. The number of nitrogens with zero attached hydrogens (tertiary/aromatic N) is 4. The van der Waals surface area contributed by atoms with Crippen LogP contribution >= 0.6 is 0 Å². The molecule has 2 N–H and O–H groups in total. The number of hydrogen-bond acceptors (Lipinski definition) is 5. The average Bonchev–Trinajstić information content (AvgIpc) is 2.90. The molecule has 0 bridgehead atoms. The van der Waals surface area contributed by atoms with Crippen molar-refractivity contribution in [3.05, 3.63) is 30.9 Å². The summed E-state index contributed by atoms with van der Waals surface area (Å²) in [7, 11) is 0. The summed E-state index contributed by atoms with van der Waals surface area (Å²) in [6.45, 7) is 3.86. The van der Waals surface area contributed by atoms with Gasteiger partial charge in [-0.05, 0) is 26.3 Å². The Morgan fingerprint density at radius 3 is 2.90 bits per heavy atom. The van der Waals surface area contributed by atoms with Crippen LogP contribution in [0.3, 0.4) is 0 Å². The van der Waals surface area contributed by atoms with Crippen LogP contribution in [0.25, 0.3) is 5.82 Å². The van der Waals surface area contributed by atoms with Crippen molar-refractivity contribution in [3.63, 3.8) is 0 Å². The van der Waals surface area contributed by atoms with Gasteiger partial charge in [0.15, 0.2) is 5.82 Å². The Morgan fingerprint density at radius 1 is 1.45 bits per heavy atom. The number of hydrogen-bond donors (Lipinski definition) is 2. The van der Waals surface area contributed by atoms with E-state index in [9.17, 15) is 4.79 Å². The fourth-order valence-corrected chi connectivity index (χ4v) is 1.76. The molecule has 0 aliphatic rings. The van der Waals surface area contributed by atoms with Crippen molar-refractivity contribution in [2.24, 2.45) is 0 Å². The van der Waals surface area contributed by atoms with E-state index in [0.717, 1.165) is 0 Å². The van der Waals surface area contributed by atoms with Gasteiger partial charge in [0.1, 0.15) is 5.82 Å². The van der Waals surface area contributed by atoms with E-state index in [1.165, 1.54) is 0 Å². The summed E-state index contributed by atoms with van der Waals surface area (Å²) in [5.41, 5.74) is -0.379. The Kier molecular flexibility index (Phi) is 3.97. The molecule has 0 fully saturated rings. The predicted octanol–water partition coefficient (Wildman–Crippen LogP) is 1.72. The summed E-state index contributed by atoms with van der Waals surface area (Å²) < 4.78 is 1.61. The zero-order chi connectivity index (χ0) is 14.6. The van der Waals surface area contributed by atoms with Crippen LogP contribution in [-0.4, -0.2) is 36.4 Å². The highest BCUT2D eigenvalue weighted by molar-refractivity contribution is 5.66. The fourth-order valence-electron chi connectivity index (χ4n) is 1.76. The Hall–Kier alpha value is -2.44. The summed E-state index contributed by atoms with van der Waals surface area (Å²) in [6, 6.07) is 1.80. The first kappa shape index (κ1) is 14.0. The van der Waals surface area contributed by atoms with Crippen molar-refractivity contribution in [1.82, 2.24) is 19.7 Å². The van der Waals surface area contributed by atoms with Crippen LogP contribution in [0.15, 0.2) is 30.9 Å². The molecule has 7 heteroatoms. The van der Waals surface area contributed by atoms with Gasteiger partial charge in [-0.3, -0.25) is 9.78 Å². The van der Waals surface area contributed by atoms with Gasteiger partial charge in [0.25, 0.3) is 0 Å². The fraction of sp³-hybridized carbons (Fsp3) is 0.385. The van der Waals surface area contributed by atoms with Gasteiger partial charge < -0.3 is 10.4 Å². The predicted molar refractivity (Wildman–Crippen MR) is 73.7 cm³/mol. The van der Waals surface area contributed by atoms with Crippen molar-refractivity contribution in [2.75, 3.05) is 5.32 Å². The van der Waals surface area contributed by atoms with Gasteiger partial charge in [-0.25, -0.2) is 9.67 Å². The second kappa shape index (κ2) is 5.68. The van der Waals surface area contributed by atoms with Gasteiger partial charge in [0, 0.05) is 24.4 Å². The highest BCUT2D eigenvalue weighted by Crippen LogP contribution is 2.18. The molecular weight excluding hydrogens is 258 g/mol. The van der Waals surface area contributed by atoms with Gasteiger partial charge in [0.2, 0.25) is 0 Å². The molecule has 2 aromatic heterocycles. The molecule has 0 amide bonds. The summed E-state index contributed by atoms with van der Waals surface area (Å²) in [5.74, 6) is 0.388. The largest absolute Gasteiger partial charge is 0.481 e. The molecule has 2 rings (SSSR count). The molecule has 0 aromatic carbocycles. The first-order valence-corrected chi connectivity index (χ1v) is 6.28. The first-order chi connectivity index (χ1) is 9.46. The van der Waals surface area contributed by atoms with Gasteiger partial charge in [-0.1, -0.05) is 0 Å². The van der Waals surface area contributed by atoms with Gasteiger partial charge in [-0.15, -0.1) is 0 Å². The Bertz CT molecular complexity index is 580. The third kappa shape index (κ3) is 3.78. The minimum Gasteiger partial charge on any atom is -0.481 e. The molecule has 0 atom stereocenters. The minimum atomic E-state index is -0.809. The van der Waals surface area contributed by atoms with E-state index in [1.807, 2.05) is 13.8 Å². The van der Waals surface area contributed by atoms with Crippen LogP contribution in [0.2, 0.25) is 0 Å². The number of aromatic nitrogens is 4. The monoisotopic (exact) mass is 275 g/mol. The van der Waals surface area contributed by atoms with Gasteiger partial charge in [-0.2, -0.15) is 5.10 Å². The number of carbonyl (C=O) groups is 1. The number of anilines is 1. The van der Waals surface area contributed by atoms with E-state index in [1.54, 1.807) is 35.5 Å². The smallest absolute Gasteiger partial charge is 0.303 e. The van der Waals surface area contributed by atoms with Crippen LogP contribution in [-0.2, 0) is 4.79 Å². The van der Waals surface area contributed by atoms with Crippen molar-refractivity contribution in [1.29, 1.82) is 0 Å². The van der Waals surface area contributed by atoms with Crippen LogP contribution < -0.4 is 5.32 Å². The summed E-state index contributed by atoms with van der Waals surface area (Å²) in [5, 5.41) is 16.0. The molecule has 7 nitrogen and oxygen atoms in total. The maximum atomic E-state index is 10.6. The molecule has 0 aliphatic carbocycles. The minimum absolute atomic E-state index is 0.103. The molecule has 0 unspecified atom stereocenters. The SMILES string of the molecule is CC(C)(CCC(=O)O)Nc1cncc(-n2cccn2)n1. The number of aliphatic carboxylic acids is 1. The Morgan fingerprint density at radius 2 is 2.25 bits per heavy atom. The second-order valence-electron chi connectivity index (χ2n) is 5.12. The standard InChI is InChI=1S/C13H17N5O2/c1-13(2,5-4-12(19)20)17-10-8-14-9-11(16-10)18-7-3-6-15-18/h3,6-9H,4-5H2,1-2H3,(H,16,17)(H,19,20). The van der Waals surface area contributed by atoms with E-state index in [4.69, 9.17) is 5.11 Å². The zero-order valence-electron chi connectivity index (χ0n) is 11.4. The molecule has 0 saturated heterocycles. The molecule has 0 saturated carbocycles. The van der Waals surface area contributed by atoms with E-state index in [-0.39, 0.29) is 12.0 Å². The van der Waals surface area contributed by atoms with Crippen molar-refractivity contribution >= 4 is 11.8 Å². The third-order valence-corrected chi connectivity index (χ3v) is 2.79. The normalized spacial score (nSPS) is 11.3. The maximum Gasteiger partial charge on any atom is 0.303 e. The lowest BCUT2D eigenvalue weighted by molar-refractivity contribution is -0.137. The maximum absolute atomic E-state index is 10.6. The lowest BCUT2D eigenvalue weighted by atomic mass is 9.98. The molecule has 0 radical (unpaired) electrons. The van der Waals surface area contributed by atoms with Crippen molar-refractivity contribution in [3.8, 4) is 5.82 Å². The van der Waals surface area contributed by atoms with E-state index >= 15 is 0 Å². The summed E-state index contributed by atoms with van der Waals surface area (Å²) in [4.78, 5) is 19.2. The molecule has 2 aromatic rings. The van der Waals surface area contributed by atoms with Crippen LogP contribution in [0.1, 0.15) is 26.7 Å². The second-order valence-corrected chi connectivity index (χ2v) is 5.12. The van der Waals surface area contributed by atoms with Crippen LogP contribution in [0.4, 0.5) is 5.82 Å². The lowest BCUT2D eigenvalue weighted by Gasteiger charge is -2.26. The van der Waals surface area contributed by atoms with Crippen LogP contribution in [0.5, 0.6) is 0 Å². The Balaban J connectivity index is 2.09. The van der Waals surface area contributed by atoms with E-state index in [0.29, 0.717) is 18.1 Å².